The first kappa shape index (κ1) is 18.9. The van der Waals surface area contributed by atoms with E-state index in [1.807, 2.05) is 4.90 Å². The molecule has 1 aliphatic rings. The average molecular weight is 379 g/mol. The third kappa shape index (κ3) is 4.47. The van der Waals surface area contributed by atoms with Crippen molar-refractivity contribution >= 4 is 23.2 Å². The number of para-hydroxylation sites is 1. The van der Waals surface area contributed by atoms with Crippen molar-refractivity contribution in [2.75, 3.05) is 36.4 Å². The fraction of sp³-hybridized carbons (Fsp3) is 0.389. The lowest BCUT2D eigenvalue weighted by atomic mass is 10.1. The van der Waals surface area contributed by atoms with E-state index in [9.17, 15) is 18.0 Å². The van der Waals surface area contributed by atoms with Crippen molar-refractivity contribution in [1.29, 1.82) is 0 Å². The number of anilines is 3. The molecule has 9 heteroatoms. The largest absolute Gasteiger partial charge is 0.418 e. The summed E-state index contributed by atoms with van der Waals surface area (Å²) in [5.41, 5.74) is -0.812. The van der Waals surface area contributed by atoms with Crippen LogP contribution in [0.25, 0.3) is 0 Å². The number of benzene rings is 1. The van der Waals surface area contributed by atoms with E-state index in [0.717, 1.165) is 6.07 Å². The van der Waals surface area contributed by atoms with Crippen molar-refractivity contribution in [3.8, 4) is 0 Å². The maximum absolute atomic E-state index is 13.2. The number of aromatic nitrogens is 2. The van der Waals surface area contributed by atoms with Crippen LogP contribution < -0.4 is 10.2 Å². The number of aryl methyl sites for hydroxylation is 1. The van der Waals surface area contributed by atoms with Gasteiger partial charge in [-0.25, -0.2) is 9.97 Å². The Hall–Kier alpha value is -2.84. The second-order valence-corrected chi connectivity index (χ2v) is 6.32. The molecule has 1 aromatic heterocycles. The molecular weight excluding hydrogens is 359 g/mol. The molecule has 2 heterocycles. The number of carbonyl (C=O) groups excluding carboxylic acids is 1. The number of alkyl halides is 3. The van der Waals surface area contributed by atoms with Crippen LogP contribution in [0, 0.1) is 6.92 Å². The monoisotopic (exact) mass is 379 g/mol. The van der Waals surface area contributed by atoms with Crippen molar-refractivity contribution < 1.29 is 18.0 Å². The van der Waals surface area contributed by atoms with Gasteiger partial charge in [0, 0.05) is 39.2 Å². The molecule has 0 bridgehead atoms. The summed E-state index contributed by atoms with van der Waals surface area (Å²) in [7, 11) is 0. The van der Waals surface area contributed by atoms with Gasteiger partial charge in [-0.3, -0.25) is 4.79 Å². The number of amides is 1. The van der Waals surface area contributed by atoms with Crippen molar-refractivity contribution in [3.05, 3.63) is 41.7 Å². The highest BCUT2D eigenvalue weighted by Crippen LogP contribution is 2.35. The molecule has 6 nitrogen and oxygen atoms in total. The van der Waals surface area contributed by atoms with Crippen LogP contribution in [0.3, 0.4) is 0 Å². The van der Waals surface area contributed by atoms with Crippen LogP contribution in [0.5, 0.6) is 0 Å². The van der Waals surface area contributed by atoms with E-state index < -0.39 is 11.7 Å². The summed E-state index contributed by atoms with van der Waals surface area (Å²) < 4.78 is 39.6. The summed E-state index contributed by atoms with van der Waals surface area (Å²) >= 11 is 0. The highest BCUT2D eigenvalue weighted by molar-refractivity contribution is 5.73. The second kappa shape index (κ2) is 7.42. The lowest BCUT2D eigenvalue weighted by Gasteiger charge is -2.35. The topological polar surface area (TPSA) is 61.4 Å². The van der Waals surface area contributed by atoms with Crippen molar-refractivity contribution in [2.45, 2.75) is 20.0 Å². The quantitative estimate of drug-likeness (QED) is 0.887. The molecule has 0 spiro atoms. The minimum Gasteiger partial charge on any atom is -0.353 e. The predicted octanol–water partition coefficient (Wildman–Crippen LogP) is 3.22. The minimum absolute atomic E-state index is 0.0274. The predicted molar refractivity (Wildman–Crippen MR) is 96.0 cm³/mol. The Labute approximate surface area is 155 Å². The van der Waals surface area contributed by atoms with Crippen molar-refractivity contribution in [2.24, 2.45) is 0 Å². The molecule has 144 valence electrons. The van der Waals surface area contributed by atoms with E-state index in [1.54, 1.807) is 17.9 Å². The van der Waals surface area contributed by atoms with Gasteiger partial charge >= 0.3 is 6.18 Å². The Kier molecular flexibility index (Phi) is 5.20. The van der Waals surface area contributed by atoms with E-state index in [2.05, 4.69) is 15.3 Å². The fourth-order valence-corrected chi connectivity index (χ4v) is 3.01. The summed E-state index contributed by atoms with van der Waals surface area (Å²) in [6, 6.07) is 6.90. The lowest BCUT2D eigenvalue weighted by Crippen LogP contribution is -2.48. The van der Waals surface area contributed by atoms with Gasteiger partial charge in [0.1, 0.15) is 17.5 Å². The molecule has 1 aromatic carbocycles. The van der Waals surface area contributed by atoms with Crippen LogP contribution in [-0.4, -0.2) is 47.0 Å². The molecule has 1 saturated heterocycles. The van der Waals surface area contributed by atoms with Crippen molar-refractivity contribution in [3.63, 3.8) is 0 Å². The van der Waals surface area contributed by atoms with Gasteiger partial charge in [0.2, 0.25) is 5.91 Å². The zero-order valence-electron chi connectivity index (χ0n) is 15.0. The van der Waals surface area contributed by atoms with Crippen LogP contribution in [0.15, 0.2) is 30.3 Å². The molecule has 1 fully saturated rings. The first-order chi connectivity index (χ1) is 12.7. The van der Waals surface area contributed by atoms with Gasteiger partial charge in [-0.15, -0.1) is 0 Å². The Morgan fingerprint density at radius 3 is 2.41 bits per heavy atom. The van der Waals surface area contributed by atoms with Gasteiger partial charge < -0.3 is 15.1 Å². The van der Waals surface area contributed by atoms with Crippen LogP contribution in [0.2, 0.25) is 0 Å². The molecule has 3 rings (SSSR count). The third-order valence-corrected chi connectivity index (χ3v) is 4.37. The molecule has 0 atom stereocenters. The number of carbonyl (C=O) groups is 1. The number of piperazine rings is 1. The molecule has 0 aliphatic carbocycles. The summed E-state index contributed by atoms with van der Waals surface area (Å²) in [4.78, 5) is 23.8. The fourth-order valence-electron chi connectivity index (χ4n) is 3.01. The molecule has 1 amide bonds. The zero-order chi connectivity index (χ0) is 19.6. The lowest BCUT2D eigenvalue weighted by molar-refractivity contribution is -0.137. The highest BCUT2D eigenvalue weighted by atomic mass is 19.4. The van der Waals surface area contributed by atoms with E-state index >= 15 is 0 Å². The van der Waals surface area contributed by atoms with E-state index in [-0.39, 0.29) is 11.6 Å². The third-order valence-electron chi connectivity index (χ3n) is 4.37. The Balaban J connectivity index is 1.82. The molecule has 2 aromatic rings. The van der Waals surface area contributed by atoms with Gasteiger partial charge in [-0.2, -0.15) is 13.2 Å². The maximum Gasteiger partial charge on any atom is 0.418 e. The molecule has 0 unspecified atom stereocenters. The van der Waals surface area contributed by atoms with Crippen LogP contribution in [0.1, 0.15) is 18.3 Å². The second-order valence-electron chi connectivity index (χ2n) is 6.32. The van der Waals surface area contributed by atoms with Crippen LogP contribution in [0.4, 0.5) is 30.5 Å². The Morgan fingerprint density at radius 1 is 1.11 bits per heavy atom. The number of nitrogens with one attached hydrogen (secondary N) is 1. The Bertz CT molecular complexity index is 832. The van der Waals surface area contributed by atoms with Gasteiger partial charge in [0.25, 0.3) is 0 Å². The van der Waals surface area contributed by atoms with E-state index in [1.165, 1.54) is 25.1 Å². The van der Waals surface area contributed by atoms with Gasteiger partial charge in [-0.05, 0) is 19.1 Å². The number of hydrogen-bond acceptors (Lipinski definition) is 5. The van der Waals surface area contributed by atoms with Gasteiger partial charge in [-0.1, -0.05) is 12.1 Å². The first-order valence-corrected chi connectivity index (χ1v) is 8.53. The van der Waals surface area contributed by atoms with Gasteiger partial charge in [0.05, 0.1) is 11.3 Å². The molecule has 1 aliphatic heterocycles. The first-order valence-electron chi connectivity index (χ1n) is 8.53. The smallest absolute Gasteiger partial charge is 0.353 e. The van der Waals surface area contributed by atoms with Crippen molar-refractivity contribution in [1.82, 2.24) is 14.9 Å². The van der Waals surface area contributed by atoms with E-state index in [0.29, 0.717) is 43.6 Å². The molecule has 1 N–H and O–H groups in total. The van der Waals surface area contributed by atoms with Crippen LogP contribution >= 0.6 is 0 Å². The molecule has 0 radical (unpaired) electrons. The molecule has 0 saturated carbocycles. The zero-order valence-corrected chi connectivity index (χ0v) is 15.0. The number of nitrogens with zero attached hydrogens (tertiary/aromatic N) is 4. The average Bonchev–Trinajstić information content (AvgIpc) is 2.61. The highest BCUT2D eigenvalue weighted by Gasteiger charge is 2.33. The Morgan fingerprint density at radius 2 is 1.78 bits per heavy atom. The number of hydrogen-bond donors (Lipinski definition) is 1. The normalized spacial score (nSPS) is 15.0. The number of rotatable bonds is 3. The van der Waals surface area contributed by atoms with E-state index in [4.69, 9.17) is 0 Å². The number of halogens is 3. The standard InChI is InChI=1S/C18H20F3N5O/c1-12-22-16(24-15-6-4-3-5-14(15)18(19,20)21)11-17(23-12)26-9-7-25(8-10-26)13(2)27/h3-6,11H,7-10H2,1-2H3,(H,22,23,24). The minimum atomic E-state index is -4.46. The summed E-state index contributed by atoms with van der Waals surface area (Å²) in [6.45, 7) is 5.60. The van der Waals surface area contributed by atoms with Crippen LogP contribution in [-0.2, 0) is 11.0 Å². The summed E-state index contributed by atoms with van der Waals surface area (Å²) in [5.74, 6) is 1.40. The van der Waals surface area contributed by atoms with Gasteiger partial charge in [0.15, 0.2) is 0 Å². The summed E-state index contributed by atoms with van der Waals surface area (Å²) in [5, 5.41) is 2.76. The maximum atomic E-state index is 13.2. The molecular formula is C18H20F3N5O. The SMILES string of the molecule is CC(=O)N1CCN(c2cc(Nc3ccccc3C(F)(F)F)nc(C)n2)CC1. The molecule has 27 heavy (non-hydrogen) atoms. The summed E-state index contributed by atoms with van der Waals surface area (Å²) in [6.07, 6.45) is -4.46.